The van der Waals surface area contributed by atoms with Crippen LogP contribution in [0, 0.1) is 0 Å². The smallest absolute Gasteiger partial charge is 0.462 e. The maximum absolute atomic E-state index is 12.8. The quantitative estimate of drug-likeness (QED) is 0.0264. The molecular formula is C73H134NO8P. The first-order valence-electron chi connectivity index (χ1n) is 35.4. The van der Waals surface area contributed by atoms with Crippen LogP contribution in [0.3, 0.4) is 0 Å². The summed E-state index contributed by atoms with van der Waals surface area (Å²) in [5.41, 5.74) is 5.40. The monoisotopic (exact) mass is 1180 g/mol. The molecule has 10 heteroatoms. The lowest BCUT2D eigenvalue weighted by Gasteiger charge is -2.19. The highest BCUT2D eigenvalue weighted by atomic mass is 31.2. The summed E-state index contributed by atoms with van der Waals surface area (Å²) in [5.74, 6) is -0.812. The van der Waals surface area contributed by atoms with Gasteiger partial charge >= 0.3 is 19.8 Å². The molecule has 0 saturated carbocycles. The third-order valence-electron chi connectivity index (χ3n) is 15.6. The third kappa shape index (κ3) is 68.4. The van der Waals surface area contributed by atoms with Gasteiger partial charge in [0.05, 0.1) is 13.2 Å². The summed E-state index contributed by atoms with van der Waals surface area (Å²) < 4.78 is 33.2. The molecule has 9 nitrogen and oxygen atoms in total. The van der Waals surface area contributed by atoms with Crippen molar-refractivity contribution >= 4 is 19.8 Å². The zero-order valence-corrected chi connectivity index (χ0v) is 55.3. The maximum atomic E-state index is 12.8. The Hall–Kier alpha value is -2.55. The molecule has 0 radical (unpaired) electrons. The molecule has 484 valence electrons. The van der Waals surface area contributed by atoms with Crippen LogP contribution in [0.4, 0.5) is 0 Å². The van der Waals surface area contributed by atoms with Gasteiger partial charge in [0.25, 0.3) is 0 Å². The van der Waals surface area contributed by atoms with Crippen LogP contribution >= 0.6 is 7.82 Å². The van der Waals surface area contributed by atoms with Crippen LogP contribution in [-0.2, 0) is 32.7 Å². The maximum Gasteiger partial charge on any atom is 0.472 e. The minimum Gasteiger partial charge on any atom is -0.462 e. The van der Waals surface area contributed by atoms with E-state index in [0.717, 1.165) is 64.2 Å². The fourth-order valence-corrected chi connectivity index (χ4v) is 11.1. The van der Waals surface area contributed by atoms with Crippen molar-refractivity contribution in [2.24, 2.45) is 5.73 Å². The molecule has 0 amide bonds. The summed E-state index contributed by atoms with van der Waals surface area (Å²) in [6.07, 6.45) is 90.1. The Morgan fingerprint density at radius 1 is 0.373 bits per heavy atom. The van der Waals surface area contributed by atoms with E-state index in [1.807, 2.05) is 0 Å². The van der Waals surface area contributed by atoms with Gasteiger partial charge in [-0.15, -0.1) is 0 Å². The van der Waals surface area contributed by atoms with E-state index in [1.54, 1.807) is 0 Å². The molecule has 0 bridgehead atoms. The van der Waals surface area contributed by atoms with Gasteiger partial charge in [0.1, 0.15) is 6.61 Å². The molecule has 0 spiro atoms. The van der Waals surface area contributed by atoms with E-state index in [0.29, 0.717) is 6.42 Å². The van der Waals surface area contributed by atoms with E-state index in [4.69, 9.17) is 24.3 Å². The van der Waals surface area contributed by atoms with Gasteiger partial charge in [0, 0.05) is 19.4 Å². The largest absolute Gasteiger partial charge is 0.472 e. The molecule has 3 N–H and O–H groups in total. The van der Waals surface area contributed by atoms with E-state index in [9.17, 15) is 19.0 Å². The predicted octanol–water partition coefficient (Wildman–Crippen LogP) is 23.2. The number of ether oxygens (including phenoxy) is 2. The highest BCUT2D eigenvalue weighted by Crippen LogP contribution is 2.43. The molecule has 0 aromatic heterocycles. The summed E-state index contributed by atoms with van der Waals surface area (Å²) >= 11 is 0. The number of carbonyl (C=O) groups is 2. The number of phosphoric ester groups is 1. The third-order valence-corrected chi connectivity index (χ3v) is 16.6. The zero-order valence-electron chi connectivity index (χ0n) is 54.4. The minimum atomic E-state index is -4.39. The molecule has 0 aromatic carbocycles. The number of unbranched alkanes of at least 4 members (excludes halogenated alkanes) is 42. The number of carbonyl (C=O) groups excluding carboxylic acids is 2. The number of rotatable bonds is 67. The first-order valence-corrected chi connectivity index (χ1v) is 36.9. The summed E-state index contributed by atoms with van der Waals surface area (Å²) in [4.78, 5) is 35.4. The fourth-order valence-electron chi connectivity index (χ4n) is 10.4. The number of phosphoric acid groups is 1. The SMILES string of the molecule is CC/C=C\C/C=C\C/C=C\C/C=C\CCCCCCCCCCCCCCCCCCCCCCCCCCC(=O)OC(COC(=O)CCCCCCCCCCCCCCC/C=C\C/C=C\CCCCCCC)COP(=O)(O)OCCN. The number of allylic oxidation sites excluding steroid dienone is 12. The van der Waals surface area contributed by atoms with Crippen molar-refractivity contribution in [2.75, 3.05) is 26.4 Å². The molecule has 0 saturated heterocycles. The van der Waals surface area contributed by atoms with Crippen LogP contribution in [0.5, 0.6) is 0 Å². The van der Waals surface area contributed by atoms with E-state index in [-0.39, 0.29) is 38.6 Å². The second kappa shape index (κ2) is 68.6. The molecule has 2 atom stereocenters. The summed E-state index contributed by atoms with van der Waals surface area (Å²) in [6.45, 7) is 3.67. The Kier molecular flexibility index (Phi) is 66.5. The van der Waals surface area contributed by atoms with E-state index in [1.165, 1.54) is 250 Å². The Morgan fingerprint density at radius 2 is 0.663 bits per heavy atom. The van der Waals surface area contributed by atoms with Crippen molar-refractivity contribution in [2.45, 2.75) is 354 Å². The standard InChI is InChI=1S/C73H134NO8P/c1-3-5-7-9-11-13-15-17-19-21-23-25-27-29-30-31-32-33-34-35-36-37-38-39-40-42-44-46-48-50-52-54-56-58-60-62-64-66-73(76)82-71(70-81-83(77,78)80-68-67-74)69-79-72(75)65-63-61-59-57-55-53-51-49-47-45-43-41-28-26-24-22-20-18-16-14-12-10-8-6-4-2/h5,7,11,13,16-19,22-25,71H,3-4,6,8-10,12,14-15,20-21,26-70,74H2,1-2H3,(H,77,78)/b7-5-,13-11-,18-16-,19-17-,24-22-,25-23-. The van der Waals surface area contributed by atoms with Crippen LogP contribution in [0.2, 0.25) is 0 Å². The topological polar surface area (TPSA) is 134 Å². The van der Waals surface area contributed by atoms with E-state index < -0.39 is 26.5 Å². The van der Waals surface area contributed by atoms with Gasteiger partial charge in [0.15, 0.2) is 6.10 Å². The highest BCUT2D eigenvalue weighted by molar-refractivity contribution is 7.47. The van der Waals surface area contributed by atoms with Crippen LogP contribution < -0.4 is 5.73 Å². The summed E-state index contributed by atoms with van der Waals surface area (Å²) in [6, 6.07) is 0. The average Bonchev–Trinajstić information content (AvgIpc) is 3.49. The Labute approximate surface area is 513 Å². The van der Waals surface area contributed by atoms with Crippen LogP contribution in [-0.4, -0.2) is 49.3 Å². The lowest BCUT2D eigenvalue weighted by Crippen LogP contribution is -2.29. The van der Waals surface area contributed by atoms with Crippen molar-refractivity contribution < 1.29 is 37.6 Å². The van der Waals surface area contributed by atoms with Crippen molar-refractivity contribution in [3.05, 3.63) is 72.9 Å². The van der Waals surface area contributed by atoms with Crippen molar-refractivity contribution in [3.63, 3.8) is 0 Å². The molecular weight excluding hydrogens is 1050 g/mol. The number of esters is 2. The van der Waals surface area contributed by atoms with Crippen LogP contribution in [0.1, 0.15) is 348 Å². The van der Waals surface area contributed by atoms with E-state index >= 15 is 0 Å². The second-order valence-corrected chi connectivity index (χ2v) is 25.2. The lowest BCUT2D eigenvalue weighted by atomic mass is 10.0. The molecule has 2 unspecified atom stereocenters. The van der Waals surface area contributed by atoms with Crippen molar-refractivity contribution in [3.8, 4) is 0 Å². The van der Waals surface area contributed by atoms with Gasteiger partial charge in [0.2, 0.25) is 0 Å². The van der Waals surface area contributed by atoms with Gasteiger partial charge in [-0.2, -0.15) is 0 Å². The molecule has 0 aliphatic heterocycles. The number of nitrogens with two attached hydrogens (primary N) is 1. The zero-order chi connectivity index (χ0) is 60.1. The number of hydrogen-bond acceptors (Lipinski definition) is 8. The van der Waals surface area contributed by atoms with Crippen LogP contribution in [0.25, 0.3) is 0 Å². The van der Waals surface area contributed by atoms with Gasteiger partial charge < -0.3 is 20.1 Å². The van der Waals surface area contributed by atoms with Gasteiger partial charge in [-0.25, -0.2) is 4.57 Å². The van der Waals surface area contributed by atoms with Crippen molar-refractivity contribution in [1.29, 1.82) is 0 Å². The molecule has 0 aliphatic rings. The molecule has 0 aromatic rings. The Balaban J connectivity index is 3.81. The Morgan fingerprint density at radius 3 is 0.988 bits per heavy atom. The summed E-state index contributed by atoms with van der Waals surface area (Å²) in [7, 11) is -4.39. The minimum absolute atomic E-state index is 0.0539. The van der Waals surface area contributed by atoms with Gasteiger partial charge in [-0.3, -0.25) is 18.6 Å². The number of hydrogen-bond donors (Lipinski definition) is 2. The average molecular weight is 1180 g/mol. The summed E-state index contributed by atoms with van der Waals surface area (Å²) in [5, 5.41) is 0. The predicted molar refractivity (Wildman–Crippen MR) is 358 cm³/mol. The first-order chi connectivity index (χ1) is 40.8. The molecule has 0 heterocycles. The first kappa shape index (κ1) is 80.5. The Bertz CT molecular complexity index is 1590. The lowest BCUT2D eigenvalue weighted by molar-refractivity contribution is -0.161. The van der Waals surface area contributed by atoms with E-state index in [2.05, 4.69) is 86.8 Å². The second-order valence-electron chi connectivity index (χ2n) is 23.7. The molecule has 83 heavy (non-hydrogen) atoms. The van der Waals surface area contributed by atoms with Gasteiger partial charge in [-0.05, 0) is 83.5 Å². The van der Waals surface area contributed by atoms with Crippen LogP contribution in [0.15, 0.2) is 72.9 Å². The fraction of sp³-hybridized carbons (Fsp3) is 0.808. The molecule has 0 fully saturated rings. The van der Waals surface area contributed by atoms with Gasteiger partial charge in [-0.1, -0.05) is 324 Å². The normalized spacial score (nSPS) is 13.3. The van der Waals surface area contributed by atoms with Crippen molar-refractivity contribution in [1.82, 2.24) is 0 Å². The highest BCUT2D eigenvalue weighted by Gasteiger charge is 2.26. The molecule has 0 rings (SSSR count). The molecule has 0 aliphatic carbocycles.